The molecule has 0 amide bonds. The van der Waals surface area contributed by atoms with Crippen molar-refractivity contribution in [2.75, 3.05) is 6.54 Å². The van der Waals surface area contributed by atoms with Crippen molar-refractivity contribution in [2.45, 2.75) is 31.7 Å². The van der Waals surface area contributed by atoms with E-state index in [0.717, 1.165) is 37.3 Å². The molecule has 0 aliphatic heterocycles. The van der Waals surface area contributed by atoms with Crippen molar-refractivity contribution in [1.29, 1.82) is 0 Å². The molecule has 0 fully saturated rings. The molecular weight excluding hydrogens is 234 g/mol. The monoisotopic (exact) mass is 251 g/mol. The highest BCUT2D eigenvalue weighted by Crippen LogP contribution is 2.06. The number of aromatic nitrogens is 2. The SMILES string of the molecule is CCCC(Cl)CNCc1cn2ccccc2n1. The maximum atomic E-state index is 6.14. The number of imidazole rings is 1. The average Bonchev–Trinajstić information content (AvgIpc) is 2.71. The van der Waals surface area contributed by atoms with E-state index in [2.05, 4.69) is 17.2 Å². The summed E-state index contributed by atoms with van der Waals surface area (Å²) in [6.45, 7) is 3.76. The van der Waals surface area contributed by atoms with Crippen molar-refractivity contribution < 1.29 is 0 Å². The van der Waals surface area contributed by atoms with Crippen LogP contribution < -0.4 is 5.32 Å². The molecule has 3 nitrogen and oxygen atoms in total. The van der Waals surface area contributed by atoms with Crippen LogP contribution in [0, 0.1) is 0 Å². The second-order valence-corrected chi connectivity index (χ2v) is 4.83. The van der Waals surface area contributed by atoms with Crippen LogP contribution in [-0.4, -0.2) is 21.3 Å². The van der Waals surface area contributed by atoms with Crippen molar-refractivity contribution in [2.24, 2.45) is 0 Å². The summed E-state index contributed by atoms with van der Waals surface area (Å²) in [6, 6.07) is 6.00. The first-order valence-electron chi connectivity index (χ1n) is 6.07. The Labute approximate surface area is 107 Å². The zero-order chi connectivity index (χ0) is 12.1. The lowest BCUT2D eigenvalue weighted by atomic mass is 10.2. The Balaban J connectivity index is 1.86. The Morgan fingerprint density at radius 3 is 3.12 bits per heavy atom. The largest absolute Gasteiger partial charge is 0.310 e. The number of hydrogen-bond donors (Lipinski definition) is 1. The van der Waals surface area contributed by atoms with Crippen LogP contribution in [-0.2, 0) is 6.54 Å². The second-order valence-electron chi connectivity index (χ2n) is 4.22. The minimum atomic E-state index is 0.219. The second kappa shape index (κ2) is 6.03. The fourth-order valence-corrected chi connectivity index (χ4v) is 2.17. The summed E-state index contributed by atoms with van der Waals surface area (Å²) in [4.78, 5) is 4.51. The maximum Gasteiger partial charge on any atom is 0.137 e. The third-order valence-electron chi connectivity index (χ3n) is 2.69. The van der Waals surface area contributed by atoms with Crippen LogP contribution in [0.5, 0.6) is 0 Å². The lowest BCUT2D eigenvalue weighted by molar-refractivity contribution is 0.618. The molecule has 17 heavy (non-hydrogen) atoms. The number of halogens is 1. The van der Waals surface area contributed by atoms with Gasteiger partial charge in [-0.2, -0.15) is 0 Å². The highest BCUT2D eigenvalue weighted by atomic mass is 35.5. The quantitative estimate of drug-likeness (QED) is 0.800. The highest BCUT2D eigenvalue weighted by molar-refractivity contribution is 6.20. The molecule has 2 rings (SSSR count). The van der Waals surface area contributed by atoms with Crippen molar-refractivity contribution in [3.8, 4) is 0 Å². The summed E-state index contributed by atoms with van der Waals surface area (Å²) in [7, 11) is 0. The van der Waals surface area contributed by atoms with Gasteiger partial charge in [0.2, 0.25) is 0 Å². The van der Waals surface area contributed by atoms with Gasteiger partial charge in [-0.25, -0.2) is 4.98 Å². The minimum absolute atomic E-state index is 0.219. The predicted molar refractivity (Wildman–Crippen MR) is 71.4 cm³/mol. The van der Waals surface area contributed by atoms with Gasteiger partial charge in [-0.3, -0.25) is 0 Å². The van der Waals surface area contributed by atoms with Crippen LogP contribution in [0.25, 0.3) is 5.65 Å². The number of fused-ring (bicyclic) bond motifs is 1. The van der Waals surface area contributed by atoms with Crippen LogP contribution in [0.1, 0.15) is 25.5 Å². The van der Waals surface area contributed by atoms with Gasteiger partial charge in [-0.1, -0.05) is 19.4 Å². The number of pyridine rings is 1. The van der Waals surface area contributed by atoms with E-state index in [-0.39, 0.29) is 5.38 Å². The number of hydrogen-bond acceptors (Lipinski definition) is 2. The van der Waals surface area contributed by atoms with E-state index in [1.165, 1.54) is 0 Å². The number of alkyl halides is 1. The molecular formula is C13H18ClN3. The molecule has 4 heteroatoms. The smallest absolute Gasteiger partial charge is 0.137 e. The number of nitrogens with one attached hydrogen (secondary N) is 1. The minimum Gasteiger partial charge on any atom is -0.310 e. The third-order valence-corrected chi connectivity index (χ3v) is 3.06. The van der Waals surface area contributed by atoms with Gasteiger partial charge in [-0.15, -0.1) is 11.6 Å². The first-order chi connectivity index (χ1) is 8.29. The van der Waals surface area contributed by atoms with Gasteiger partial charge in [0.05, 0.1) is 5.69 Å². The Bertz CT molecular complexity index is 433. The van der Waals surface area contributed by atoms with Gasteiger partial charge in [0, 0.05) is 30.9 Å². The van der Waals surface area contributed by atoms with Gasteiger partial charge in [0.1, 0.15) is 5.65 Å². The standard InChI is InChI=1S/C13H18ClN3/c1-2-5-11(14)8-15-9-12-10-17-7-4-3-6-13(17)16-12/h3-4,6-7,10-11,15H,2,5,8-9H2,1H3. The molecule has 1 N–H and O–H groups in total. The summed E-state index contributed by atoms with van der Waals surface area (Å²) in [5, 5.41) is 3.56. The summed E-state index contributed by atoms with van der Waals surface area (Å²) >= 11 is 6.14. The summed E-state index contributed by atoms with van der Waals surface area (Å²) < 4.78 is 2.03. The van der Waals surface area contributed by atoms with E-state index in [4.69, 9.17) is 11.6 Å². The van der Waals surface area contributed by atoms with E-state index in [1.807, 2.05) is 35.0 Å². The van der Waals surface area contributed by atoms with Gasteiger partial charge >= 0.3 is 0 Å². The van der Waals surface area contributed by atoms with Gasteiger partial charge < -0.3 is 9.72 Å². The van der Waals surface area contributed by atoms with Gasteiger partial charge in [-0.05, 0) is 18.6 Å². The van der Waals surface area contributed by atoms with Crippen LogP contribution in [0.4, 0.5) is 0 Å². The zero-order valence-electron chi connectivity index (χ0n) is 10.1. The highest BCUT2D eigenvalue weighted by Gasteiger charge is 2.04. The Hall–Kier alpha value is -1.06. The normalized spacial score (nSPS) is 13.1. The molecule has 0 spiro atoms. The first kappa shape index (κ1) is 12.4. The molecule has 1 atom stereocenters. The van der Waals surface area contributed by atoms with E-state index in [9.17, 15) is 0 Å². The number of nitrogens with zero attached hydrogens (tertiary/aromatic N) is 2. The number of rotatable bonds is 6. The zero-order valence-corrected chi connectivity index (χ0v) is 10.8. The predicted octanol–water partition coefficient (Wildman–Crippen LogP) is 2.83. The van der Waals surface area contributed by atoms with E-state index >= 15 is 0 Å². The van der Waals surface area contributed by atoms with Crippen molar-refractivity contribution >= 4 is 17.2 Å². The third kappa shape index (κ3) is 3.45. The van der Waals surface area contributed by atoms with E-state index in [0.29, 0.717) is 0 Å². The molecule has 2 heterocycles. The van der Waals surface area contributed by atoms with Gasteiger partial charge in [0.25, 0.3) is 0 Å². The molecule has 0 saturated heterocycles. The van der Waals surface area contributed by atoms with Crippen LogP contribution >= 0.6 is 11.6 Å². The molecule has 2 aromatic rings. The molecule has 0 aliphatic rings. The Kier molecular flexibility index (Phi) is 4.40. The van der Waals surface area contributed by atoms with Crippen molar-refractivity contribution in [3.63, 3.8) is 0 Å². The summed E-state index contributed by atoms with van der Waals surface area (Å²) in [5.74, 6) is 0. The maximum absolute atomic E-state index is 6.14. The summed E-state index contributed by atoms with van der Waals surface area (Å²) in [6.07, 6.45) is 6.24. The van der Waals surface area contributed by atoms with Crippen molar-refractivity contribution in [3.05, 3.63) is 36.3 Å². The first-order valence-corrected chi connectivity index (χ1v) is 6.50. The molecule has 0 aliphatic carbocycles. The molecule has 92 valence electrons. The summed E-state index contributed by atoms with van der Waals surface area (Å²) in [5.41, 5.74) is 2.04. The van der Waals surface area contributed by atoms with Gasteiger partial charge in [0.15, 0.2) is 0 Å². The lowest BCUT2D eigenvalue weighted by Gasteiger charge is -2.07. The fraction of sp³-hybridized carbons (Fsp3) is 0.462. The lowest BCUT2D eigenvalue weighted by Crippen LogP contribution is -2.22. The molecule has 1 unspecified atom stereocenters. The molecule has 2 aromatic heterocycles. The fourth-order valence-electron chi connectivity index (χ4n) is 1.84. The molecule has 0 saturated carbocycles. The van der Waals surface area contributed by atoms with Crippen LogP contribution in [0.3, 0.4) is 0 Å². The van der Waals surface area contributed by atoms with E-state index < -0.39 is 0 Å². The Morgan fingerprint density at radius 2 is 2.35 bits per heavy atom. The molecule has 0 radical (unpaired) electrons. The topological polar surface area (TPSA) is 29.3 Å². The molecule has 0 bridgehead atoms. The molecule has 0 aromatic carbocycles. The van der Waals surface area contributed by atoms with E-state index in [1.54, 1.807) is 0 Å². The van der Waals surface area contributed by atoms with Crippen LogP contribution in [0.2, 0.25) is 0 Å². The average molecular weight is 252 g/mol. The van der Waals surface area contributed by atoms with Crippen molar-refractivity contribution in [1.82, 2.24) is 14.7 Å². The van der Waals surface area contributed by atoms with Crippen LogP contribution in [0.15, 0.2) is 30.6 Å². The Morgan fingerprint density at radius 1 is 1.47 bits per heavy atom.